The van der Waals surface area contributed by atoms with E-state index in [9.17, 15) is 4.79 Å². The summed E-state index contributed by atoms with van der Waals surface area (Å²) in [6.45, 7) is 3.86. The monoisotopic (exact) mass is 324 g/mol. The predicted octanol–water partition coefficient (Wildman–Crippen LogP) is 3.96. The molecule has 1 heterocycles. The van der Waals surface area contributed by atoms with Crippen molar-refractivity contribution in [3.63, 3.8) is 0 Å². The Balaban J connectivity index is 2.24. The van der Waals surface area contributed by atoms with Crippen molar-refractivity contribution in [2.24, 2.45) is 0 Å². The Morgan fingerprint density at radius 3 is 2.72 bits per heavy atom. The number of amides is 1. The lowest BCUT2D eigenvalue weighted by Gasteiger charge is -2.08. The first-order valence-electron chi connectivity index (χ1n) is 5.41. The van der Waals surface area contributed by atoms with E-state index in [1.54, 1.807) is 6.07 Å². The number of nitrogens with two attached hydrogens (primary N) is 1. The van der Waals surface area contributed by atoms with Gasteiger partial charge in [-0.3, -0.25) is 4.79 Å². The van der Waals surface area contributed by atoms with E-state index in [1.165, 1.54) is 11.3 Å². The van der Waals surface area contributed by atoms with E-state index in [1.807, 2.05) is 32.0 Å². The van der Waals surface area contributed by atoms with E-state index in [-0.39, 0.29) is 5.91 Å². The molecule has 2 rings (SSSR count). The summed E-state index contributed by atoms with van der Waals surface area (Å²) in [6, 6.07) is 7.42. The van der Waals surface area contributed by atoms with Gasteiger partial charge in [0.05, 0.1) is 4.88 Å². The first-order chi connectivity index (χ1) is 8.49. The Morgan fingerprint density at radius 1 is 1.39 bits per heavy atom. The normalized spacial score (nSPS) is 10.4. The molecular formula is C13H13BrN2OS. The molecule has 3 N–H and O–H groups in total. The number of thiophene rings is 1. The zero-order valence-electron chi connectivity index (χ0n) is 10.1. The number of nitrogens with one attached hydrogen (secondary N) is 1. The van der Waals surface area contributed by atoms with E-state index in [2.05, 4.69) is 21.2 Å². The summed E-state index contributed by atoms with van der Waals surface area (Å²) in [7, 11) is 0. The molecule has 3 nitrogen and oxygen atoms in total. The Kier molecular flexibility index (Phi) is 3.73. The zero-order chi connectivity index (χ0) is 13.3. The van der Waals surface area contributed by atoms with Crippen LogP contribution in [0.5, 0.6) is 0 Å². The second-order valence-electron chi connectivity index (χ2n) is 3.99. The van der Waals surface area contributed by atoms with Gasteiger partial charge in [-0.05, 0) is 37.6 Å². The molecule has 1 aromatic carbocycles. The van der Waals surface area contributed by atoms with Gasteiger partial charge in [0.2, 0.25) is 0 Å². The topological polar surface area (TPSA) is 55.1 Å². The van der Waals surface area contributed by atoms with Crippen LogP contribution in [0.1, 0.15) is 20.1 Å². The summed E-state index contributed by atoms with van der Waals surface area (Å²) in [5.74, 6) is -0.124. The molecule has 0 radical (unpaired) electrons. The van der Waals surface area contributed by atoms with Crippen LogP contribution in [-0.2, 0) is 0 Å². The van der Waals surface area contributed by atoms with Crippen LogP contribution in [0.15, 0.2) is 28.7 Å². The number of anilines is 2. The molecule has 0 unspecified atom stereocenters. The van der Waals surface area contributed by atoms with Crippen LogP contribution in [0.25, 0.3) is 0 Å². The molecule has 18 heavy (non-hydrogen) atoms. The molecule has 2 aromatic rings. The summed E-state index contributed by atoms with van der Waals surface area (Å²) >= 11 is 4.84. The molecule has 1 aromatic heterocycles. The van der Waals surface area contributed by atoms with E-state index in [0.717, 1.165) is 20.6 Å². The molecule has 0 aliphatic rings. The van der Waals surface area contributed by atoms with E-state index < -0.39 is 0 Å². The van der Waals surface area contributed by atoms with Crippen molar-refractivity contribution in [1.82, 2.24) is 0 Å². The number of halogens is 1. The largest absolute Gasteiger partial charge is 0.398 e. The van der Waals surface area contributed by atoms with Crippen molar-refractivity contribution in [1.29, 1.82) is 0 Å². The van der Waals surface area contributed by atoms with Gasteiger partial charge < -0.3 is 11.1 Å². The lowest BCUT2D eigenvalue weighted by Crippen LogP contribution is -2.11. The smallest absolute Gasteiger partial charge is 0.265 e. The molecule has 0 atom stereocenters. The van der Waals surface area contributed by atoms with Crippen molar-refractivity contribution in [2.75, 3.05) is 11.1 Å². The van der Waals surface area contributed by atoms with Crippen LogP contribution in [-0.4, -0.2) is 5.91 Å². The van der Waals surface area contributed by atoms with Crippen LogP contribution in [0.2, 0.25) is 0 Å². The molecule has 94 valence electrons. The number of aryl methyl sites for hydroxylation is 1. The highest BCUT2D eigenvalue weighted by atomic mass is 79.9. The van der Waals surface area contributed by atoms with E-state index in [0.29, 0.717) is 10.6 Å². The van der Waals surface area contributed by atoms with Crippen LogP contribution >= 0.6 is 27.3 Å². The summed E-state index contributed by atoms with van der Waals surface area (Å²) < 4.78 is 0.974. The van der Waals surface area contributed by atoms with Crippen molar-refractivity contribution in [3.8, 4) is 0 Å². The maximum atomic E-state index is 12.1. The fraction of sp³-hybridized carbons (Fsp3) is 0.154. The Bertz CT molecular complexity index is 588. The highest BCUT2D eigenvalue weighted by Crippen LogP contribution is 2.27. The van der Waals surface area contributed by atoms with Crippen molar-refractivity contribution < 1.29 is 4.79 Å². The lowest BCUT2D eigenvalue weighted by molar-refractivity contribution is 0.103. The fourth-order valence-electron chi connectivity index (χ4n) is 1.53. The second-order valence-corrected chi connectivity index (χ2v) is 6.10. The Hall–Kier alpha value is -1.33. The number of benzene rings is 1. The van der Waals surface area contributed by atoms with Crippen LogP contribution in [0, 0.1) is 13.8 Å². The maximum Gasteiger partial charge on any atom is 0.265 e. The number of hydrogen-bond donors (Lipinski definition) is 2. The van der Waals surface area contributed by atoms with Crippen LogP contribution < -0.4 is 11.1 Å². The quantitative estimate of drug-likeness (QED) is 0.878. The van der Waals surface area contributed by atoms with E-state index in [4.69, 9.17) is 5.73 Å². The molecule has 0 aliphatic heterocycles. The molecule has 0 bridgehead atoms. The third kappa shape index (κ3) is 2.57. The van der Waals surface area contributed by atoms with Gasteiger partial charge in [0.1, 0.15) is 0 Å². The Labute approximate surface area is 118 Å². The number of carbonyl (C=O) groups excluding carboxylic acids is 1. The molecule has 0 spiro atoms. The van der Waals surface area contributed by atoms with Gasteiger partial charge in [-0.15, -0.1) is 11.3 Å². The van der Waals surface area contributed by atoms with Crippen molar-refractivity contribution >= 4 is 44.5 Å². The molecule has 0 aliphatic carbocycles. The van der Waals surface area contributed by atoms with Crippen molar-refractivity contribution in [3.05, 3.63) is 44.1 Å². The summed E-state index contributed by atoms with van der Waals surface area (Å²) in [5, 5.41) is 2.89. The third-order valence-corrected chi connectivity index (χ3v) is 4.62. The Morgan fingerprint density at radius 2 is 2.11 bits per heavy atom. The molecule has 1 amide bonds. The third-order valence-electron chi connectivity index (χ3n) is 2.70. The van der Waals surface area contributed by atoms with Gasteiger partial charge in [0, 0.05) is 20.7 Å². The van der Waals surface area contributed by atoms with Crippen molar-refractivity contribution in [2.45, 2.75) is 13.8 Å². The predicted molar refractivity (Wildman–Crippen MR) is 80.3 cm³/mol. The highest BCUT2D eigenvalue weighted by Gasteiger charge is 2.12. The minimum absolute atomic E-state index is 0.124. The maximum absolute atomic E-state index is 12.1. The van der Waals surface area contributed by atoms with Crippen LogP contribution in [0.4, 0.5) is 11.4 Å². The van der Waals surface area contributed by atoms with Crippen LogP contribution in [0.3, 0.4) is 0 Å². The minimum atomic E-state index is -0.124. The second kappa shape index (κ2) is 5.12. The van der Waals surface area contributed by atoms with E-state index >= 15 is 0 Å². The summed E-state index contributed by atoms with van der Waals surface area (Å²) in [4.78, 5) is 13.7. The molecular weight excluding hydrogens is 312 g/mol. The highest BCUT2D eigenvalue weighted by molar-refractivity contribution is 9.10. The van der Waals surface area contributed by atoms with Gasteiger partial charge in [-0.1, -0.05) is 22.0 Å². The molecule has 0 saturated carbocycles. The summed E-state index contributed by atoms with van der Waals surface area (Å²) in [5.41, 5.74) is 8.22. The number of nitrogen functional groups attached to an aromatic ring is 1. The SMILES string of the molecule is Cc1sc(C(=O)Nc2cccc(Br)c2C)cc1N. The van der Waals surface area contributed by atoms with Gasteiger partial charge in [-0.2, -0.15) is 0 Å². The average molecular weight is 325 g/mol. The van der Waals surface area contributed by atoms with Gasteiger partial charge in [-0.25, -0.2) is 0 Å². The number of hydrogen-bond acceptors (Lipinski definition) is 3. The van der Waals surface area contributed by atoms with Gasteiger partial charge in [0.25, 0.3) is 5.91 Å². The fourth-order valence-corrected chi connectivity index (χ4v) is 2.74. The summed E-state index contributed by atoms with van der Waals surface area (Å²) in [6.07, 6.45) is 0. The zero-order valence-corrected chi connectivity index (χ0v) is 12.5. The number of rotatable bonds is 2. The molecule has 0 saturated heterocycles. The number of carbonyl (C=O) groups is 1. The van der Waals surface area contributed by atoms with Gasteiger partial charge in [0.15, 0.2) is 0 Å². The molecule has 0 fully saturated rings. The first-order valence-corrected chi connectivity index (χ1v) is 7.02. The standard InChI is InChI=1S/C13H13BrN2OS/c1-7-9(14)4-3-5-11(7)16-13(17)12-6-10(15)8(2)18-12/h3-6H,15H2,1-2H3,(H,16,17). The first kappa shape index (κ1) is 13.1. The average Bonchev–Trinajstić information content (AvgIpc) is 2.66. The molecule has 5 heteroatoms. The minimum Gasteiger partial charge on any atom is -0.398 e. The lowest BCUT2D eigenvalue weighted by atomic mass is 10.2. The van der Waals surface area contributed by atoms with Gasteiger partial charge >= 0.3 is 0 Å².